The van der Waals surface area contributed by atoms with Gasteiger partial charge in [0.25, 0.3) is 0 Å². The highest BCUT2D eigenvalue weighted by atomic mass is 32.1. The van der Waals surface area contributed by atoms with E-state index in [1.54, 1.807) is 0 Å². The lowest BCUT2D eigenvalue weighted by atomic mass is 9.71. The first-order valence-corrected chi connectivity index (χ1v) is 10.5. The van der Waals surface area contributed by atoms with E-state index in [4.69, 9.17) is 4.74 Å². The van der Waals surface area contributed by atoms with Crippen molar-refractivity contribution in [3.05, 3.63) is 52.5 Å². The number of thiophene rings is 1. The summed E-state index contributed by atoms with van der Waals surface area (Å²) in [5, 5.41) is 2.18. The molecule has 2 aliphatic heterocycles. The number of ether oxygens (including phenoxy) is 1. The van der Waals surface area contributed by atoms with E-state index in [1.807, 2.05) is 30.7 Å². The van der Waals surface area contributed by atoms with Gasteiger partial charge in [-0.2, -0.15) is 0 Å². The maximum Gasteiger partial charge on any atom is 0.0543 e. The molecular formula is C21H29N3OS. The van der Waals surface area contributed by atoms with E-state index in [9.17, 15) is 0 Å². The van der Waals surface area contributed by atoms with Gasteiger partial charge in [0, 0.05) is 50.3 Å². The van der Waals surface area contributed by atoms with E-state index in [0.717, 1.165) is 26.2 Å². The highest BCUT2D eigenvalue weighted by Gasteiger charge is 2.47. The van der Waals surface area contributed by atoms with Crippen LogP contribution in [-0.4, -0.2) is 54.7 Å². The minimum Gasteiger partial charge on any atom is -0.384 e. The quantitative estimate of drug-likeness (QED) is 0.777. The zero-order chi connectivity index (χ0) is 17.8. The summed E-state index contributed by atoms with van der Waals surface area (Å²) in [5.74, 6) is 0.639. The summed E-state index contributed by atoms with van der Waals surface area (Å²) in [4.78, 5) is 11.2. The van der Waals surface area contributed by atoms with Gasteiger partial charge >= 0.3 is 0 Å². The number of methoxy groups -OCH3 is 1. The van der Waals surface area contributed by atoms with Crippen molar-refractivity contribution in [3.8, 4) is 0 Å². The highest BCUT2D eigenvalue weighted by molar-refractivity contribution is 7.09. The fraction of sp³-hybridized carbons (Fsp3) is 0.571. The van der Waals surface area contributed by atoms with Gasteiger partial charge in [-0.3, -0.25) is 14.8 Å². The lowest BCUT2D eigenvalue weighted by Crippen LogP contribution is -2.44. The van der Waals surface area contributed by atoms with Crippen molar-refractivity contribution >= 4 is 11.3 Å². The summed E-state index contributed by atoms with van der Waals surface area (Å²) in [6.07, 6.45) is 4.47. The number of rotatable bonds is 6. The molecule has 26 heavy (non-hydrogen) atoms. The molecule has 0 N–H and O–H groups in total. The van der Waals surface area contributed by atoms with Gasteiger partial charge in [-0.25, -0.2) is 0 Å². The van der Waals surface area contributed by atoms with Gasteiger partial charge in [0.2, 0.25) is 0 Å². The van der Waals surface area contributed by atoms with Crippen LogP contribution in [0.2, 0.25) is 0 Å². The van der Waals surface area contributed by atoms with E-state index >= 15 is 0 Å². The zero-order valence-corrected chi connectivity index (χ0v) is 16.5. The molecule has 2 aliphatic rings. The SMILES string of the molecule is COCC1CN(Cc2ccccn2)CC12CCN(Cc1cccs1)CC2. The second-order valence-electron chi connectivity index (χ2n) is 7.86. The van der Waals surface area contributed by atoms with Crippen LogP contribution >= 0.6 is 11.3 Å². The molecule has 0 bridgehead atoms. The smallest absolute Gasteiger partial charge is 0.0543 e. The Morgan fingerprint density at radius 3 is 2.73 bits per heavy atom. The molecule has 140 valence electrons. The molecule has 1 atom stereocenters. The molecule has 4 rings (SSSR count). The van der Waals surface area contributed by atoms with Crippen LogP contribution in [0.4, 0.5) is 0 Å². The van der Waals surface area contributed by atoms with Crippen molar-refractivity contribution in [3.63, 3.8) is 0 Å². The lowest BCUT2D eigenvalue weighted by Gasteiger charge is -2.42. The minimum absolute atomic E-state index is 0.413. The standard InChI is InChI=1S/C21H29N3OS/c1-25-16-18-13-24(14-19-5-2-3-9-22-19)17-21(18)7-10-23(11-8-21)15-20-6-4-12-26-20/h2-6,9,12,18H,7-8,10-11,13-17H2,1H3. The number of likely N-dealkylation sites (tertiary alicyclic amines) is 2. The number of hydrogen-bond acceptors (Lipinski definition) is 5. The summed E-state index contributed by atoms with van der Waals surface area (Å²) in [5.41, 5.74) is 1.59. The first-order valence-electron chi connectivity index (χ1n) is 9.63. The van der Waals surface area contributed by atoms with Crippen LogP contribution in [0.15, 0.2) is 41.9 Å². The average Bonchev–Trinajstić information content (AvgIpc) is 3.27. The van der Waals surface area contributed by atoms with Gasteiger partial charge < -0.3 is 4.74 Å². The Morgan fingerprint density at radius 1 is 1.15 bits per heavy atom. The van der Waals surface area contributed by atoms with Gasteiger partial charge in [0.1, 0.15) is 0 Å². The van der Waals surface area contributed by atoms with Gasteiger partial charge in [0.05, 0.1) is 12.3 Å². The zero-order valence-electron chi connectivity index (χ0n) is 15.6. The summed E-state index contributed by atoms with van der Waals surface area (Å²) in [6.45, 7) is 7.68. The largest absolute Gasteiger partial charge is 0.384 e. The van der Waals surface area contributed by atoms with Crippen molar-refractivity contribution in [2.45, 2.75) is 25.9 Å². The predicted molar refractivity (Wildman–Crippen MR) is 106 cm³/mol. The molecule has 1 spiro atoms. The molecule has 0 aromatic carbocycles. The first kappa shape index (κ1) is 18.1. The second-order valence-corrected chi connectivity index (χ2v) is 8.89. The Bertz CT molecular complexity index is 668. The summed E-state index contributed by atoms with van der Waals surface area (Å²) in [6, 6.07) is 10.6. The number of piperidine rings is 1. The maximum atomic E-state index is 5.61. The van der Waals surface area contributed by atoms with E-state index in [0.29, 0.717) is 11.3 Å². The third kappa shape index (κ3) is 4.01. The number of aromatic nitrogens is 1. The fourth-order valence-corrected chi connectivity index (χ4v) is 5.51. The molecule has 4 nitrogen and oxygen atoms in total. The van der Waals surface area contributed by atoms with Crippen molar-refractivity contribution < 1.29 is 4.74 Å². The number of nitrogens with zero attached hydrogens (tertiary/aromatic N) is 3. The lowest BCUT2D eigenvalue weighted by molar-refractivity contribution is 0.0353. The van der Waals surface area contributed by atoms with E-state index in [1.165, 1.54) is 43.0 Å². The Morgan fingerprint density at radius 2 is 2.04 bits per heavy atom. The molecule has 0 aliphatic carbocycles. The Balaban J connectivity index is 1.39. The highest BCUT2D eigenvalue weighted by Crippen LogP contribution is 2.45. The second kappa shape index (κ2) is 8.17. The van der Waals surface area contributed by atoms with Crippen LogP contribution in [0.3, 0.4) is 0 Å². The van der Waals surface area contributed by atoms with Crippen LogP contribution in [0.25, 0.3) is 0 Å². The first-order chi connectivity index (χ1) is 12.8. The summed E-state index contributed by atoms with van der Waals surface area (Å²) in [7, 11) is 1.85. The van der Waals surface area contributed by atoms with Crippen LogP contribution in [0, 0.1) is 11.3 Å². The average molecular weight is 372 g/mol. The Kier molecular flexibility index (Phi) is 5.69. The maximum absolute atomic E-state index is 5.61. The molecule has 4 heterocycles. The molecular weight excluding hydrogens is 342 g/mol. The molecule has 2 aromatic heterocycles. The van der Waals surface area contributed by atoms with Gasteiger partial charge in [0.15, 0.2) is 0 Å². The predicted octanol–water partition coefficient (Wildman–Crippen LogP) is 3.50. The summed E-state index contributed by atoms with van der Waals surface area (Å²) < 4.78 is 5.61. The minimum atomic E-state index is 0.413. The van der Waals surface area contributed by atoms with Gasteiger partial charge in [-0.1, -0.05) is 12.1 Å². The molecule has 2 fully saturated rings. The van der Waals surface area contributed by atoms with Crippen molar-refractivity contribution in [2.75, 3.05) is 39.9 Å². The van der Waals surface area contributed by atoms with Crippen molar-refractivity contribution in [1.29, 1.82) is 0 Å². The Labute approximate surface area is 160 Å². The van der Waals surface area contributed by atoms with E-state index < -0.39 is 0 Å². The molecule has 0 radical (unpaired) electrons. The third-order valence-corrected chi connectivity index (χ3v) is 7.04. The van der Waals surface area contributed by atoms with Crippen molar-refractivity contribution in [1.82, 2.24) is 14.8 Å². The molecule has 0 amide bonds. The van der Waals surface area contributed by atoms with Crippen LogP contribution in [-0.2, 0) is 17.8 Å². The van der Waals surface area contributed by atoms with Crippen LogP contribution in [0.1, 0.15) is 23.4 Å². The molecule has 1 unspecified atom stereocenters. The summed E-state index contributed by atoms with van der Waals surface area (Å²) >= 11 is 1.87. The number of pyridine rings is 1. The normalized spacial score (nSPS) is 23.7. The molecule has 5 heteroatoms. The topological polar surface area (TPSA) is 28.6 Å². The van der Waals surface area contributed by atoms with Gasteiger partial charge in [-0.05, 0) is 54.9 Å². The monoisotopic (exact) mass is 371 g/mol. The number of hydrogen-bond donors (Lipinski definition) is 0. The van der Waals surface area contributed by atoms with Gasteiger partial charge in [-0.15, -0.1) is 11.3 Å². The van der Waals surface area contributed by atoms with Crippen LogP contribution in [0.5, 0.6) is 0 Å². The van der Waals surface area contributed by atoms with E-state index in [-0.39, 0.29) is 0 Å². The Hall–Kier alpha value is -1.27. The van der Waals surface area contributed by atoms with Crippen LogP contribution < -0.4 is 0 Å². The third-order valence-electron chi connectivity index (χ3n) is 6.17. The van der Waals surface area contributed by atoms with E-state index in [2.05, 4.69) is 44.4 Å². The molecule has 2 aromatic rings. The molecule has 0 saturated carbocycles. The molecule has 2 saturated heterocycles. The van der Waals surface area contributed by atoms with Crippen molar-refractivity contribution in [2.24, 2.45) is 11.3 Å². The fourth-order valence-electron chi connectivity index (χ4n) is 4.76.